The predicted molar refractivity (Wildman–Crippen MR) is 65.0 cm³/mol. The number of nitrogens with zero attached hydrogens (tertiary/aromatic N) is 1. The third-order valence-electron chi connectivity index (χ3n) is 3.23. The highest BCUT2D eigenvalue weighted by Gasteiger charge is 2.29. The average Bonchev–Trinajstić information content (AvgIpc) is 2.94. The second-order valence-corrected chi connectivity index (χ2v) is 4.52. The van der Waals surface area contributed by atoms with E-state index in [9.17, 15) is 4.79 Å². The molecule has 0 spiro atoms. The molecule has 0 saturated carbocycles. The molecule has 100 valence electrons. The largest absolute Gasteiger partial charge is 0.444 e. The highest BCUT2D eigenvalue weighted by Crippen LogP contribution is 2.11. The SMILES string of the molecule is COC1CNC(C(=O)NCc2nc(C)c(C)o2)C1. The molecule has 2 unspecified atom stereocenters. The normalized spacial score (nSPS) is 23.3. The molecule has 2 N–H and O–H groups in total. The van der Waals surface area contributed by atoms with Gasteiger partial charge in [-0.15, -0.1) is 0 Å². The topological polar surface area (TPSA) is 76.4 Å². The molecule has 0 aromatic carbocycles. The summed E-state index contributed by atoms with van der Waals surface area (Å²) in [5, 5.41) is 5.94. The van der Waals surface area contributed by atoms with Crippen LogP contribution in [0.25, 0.3) is 0 Å². The van der Waals surface area contributed by atoms with Crippen molar-refractivity contribution in [2.24, 2.45) is 0 Å². The van der Waals surface area contributed by atoms with Crippen LogP contribution in [0.4, 0.5) is 0 Å². The highest BCUT2D eigenvalue weighted by molar-refractivity contribution is 5.82. The molecule has 2 heterocycles. The van der Waals surface area contributed by atoms with Crippen LogP contribution >= 0.6 is 0 Å². The fourth-order valence-corrected chi connectivity index (χ4v) is 1.98. The number of nitrogens with one attached hydrogen (secondary N) is 2. The second-order valence-electron chi connectivity index (χ2n) is 4.52. The van der Waals surface area contributed by atoms with Gasteiger partial charge in [0.1, 0.15) is 5.76 Å². The van der Waals surface area contributed by atoms with E-state index in [0.29, 0.717) is 25.4 Å². The summed E-state index contributed by atoms with van der Waals surface area (Å²) in [7, 11) is 1.66. The maximum Gasteiger partial charge on any atom is 0.237 e. The molecule has 1 aliphatic heterocycles. The average molecular weight is 253 g/mol. The van der Waals surface area contributed by atoms with Gasteiger partial charge in [0.15, 0.2) is 0 Å². The number of hydrogen-bond donors (Lipinski definition) is 2. The zero-order valence-electron chi connectivity index (χ0n) is 10.9. The molecular weight excluding hydrogens is 234 g/mol. The van der Waals surface area contributed by atoms with Gasteiger partial charge in [-0.2, -0.15) is 0 Å². The monoisotopic (exact) mass is 253 g/mol. The number of oxazole rings is 1. The van der Waals surface area contributed by atoms with Gasteiger partial charge in [-0.25, -0.2) is 4.98 Å². The molecule has 1 saturated heterocycles. The zero-order valence-corrected chi connectivity index (χ0v) is 10.9. The minimum Gasteiger partial charge on any atom is -0.444 e. The standard InChI is InChI=1S/C12H19N3O3/c1-7-8(2)18-11(15-7)6-14-12(16)10-4-9(17-3)5-13-10/h9-10,13H,4-6H2,1-3H3,(H,14,16). The van der Waals surface area contributed by atoms with Gasteiger partial charge in [-0.3, -0.25) is 4.79 Å². The first kappa shape index (κ1) is 13.0. The summed E-state index contributed by atoms with van der Waals surface area (Å²) < 4.78 is 10.6. The van der Waals surface area contributed by atoms with Crippen LogP contribution in [0.3, 0.4) is 0 Å². The van der Waals surface area contributed by atoms with Crippen LogP contribution in [-0.4, -0.2) is 36.7 Å². The summed E-state index contributed by atoms with van der Waals surface area (Å²) in [6.45, 7) is 4.77. The Bertz CT molecular complexity index is 411. The summed E-state index contributed by atoms with van der Waals surface area (Å²) >= 11 is 0. The molecular formula is C12H19N3O3. The van der Waals surface area contributed by atoms with E-state index in [2.05, 4.69) is 15.6 Å². The molecule has 2 atom stereocenters. The number of hydrogen-bond acceptors (Lipinski definition) is 5. The van der Waals surface area contributed by atoms with Gasteiger partial charge in [0.05, 0.1) is 24.4 Å². The van der Waals surface area contributed by atoms with E-state index < -0.39 is 0 Å². The van der Waals surface area contributed by atoms with Crippen LogP contribution in [0.2, 0.25) is 0 Å². The summed E-state index contributed by atoms with van der Waals surface area (Å²) in [6.07, 6.45) is 0.818. The van der Waals surface area contributed by atoms with E-state index in [1.807, 2.05) is 13.8 Å². The lowest BCUT2D eigenvalue weighted by Crippen LogP contribution is -2.40. The maximum absolute atomic E-state index is 11.9. The van der Waals surface area contributed by atoms with Gasteiger partial charge in [0, 0.05) is 13.7 Å². The Balaban J connectivity index is 1.82. The number of carbonyl (C=O) groups excluding carboxylic acids is 1. The molecule has 18 heavy (non-hydrogen) atoms. The minimum absolute atomic E-state index is 0.0388. The third-order valence-corrected chi connectivity index (χ3v) is 3.23. The number of rotatable bonds is 4. The molecule has 6 nitrogen and oxygen atoms in total. The lowest BCUT2D eigenvalue weighted by atomic mass is 10.2. The van der Waals surface area contributed by atoms with Gasteiger partial charge in [-0.05, 0) is 20.3 Å². The van der Waals surface area contributed by atoms with Crippen LogP contribution in [0.15, 0.2) is 4.42 Å². The lowest BCUT2D eigenvalue weighted by molar-refractivity contribution is -0.123. The van der Waals surface area contributed by atoms with E-state index >= 15 is 0 Å². The minimum atomic E-state index is -0.188. The molecule has 2 rings (SSSR count). The van der Waals surface area contributed by atoms with Gasteiger partial charge in [0.2, 0.25) is 11.8 Å². The van der Waals surface area contributed by atoms with Crippen molar-refractivity contribution >= 4 is 5.91 Å². The second kappa shape index (κ2) is 5.49. The van der Waals surface area contributed by atoms with Crippen molar-refractivity contribution in [3.63, 3.8) is 0 Å². The highest BCUT2D eigenvalue weighted by atomic mass is 16.5. The Hall–Kier alpha value is -1.40. The first-order valence-electron chi connectivity index (χ1n) is 6.07. The van der Waals surface area contributed by atoms with Crippen LogP contribution in [0.5, 0.6) is 0 Å². The molecule has 6 heteroatoms. The summed E-state index contributed by atoms with van der Waals surface area (Å²) in [6, 6.07) is -0.188. The van der Waals surface area contributed by atoms with E-state index in [1.54, 1.807) is 7.11 Å². The number of amides is 1. The number of methoxy groups -OCH3 is 1. The van der Waals surface area contributed by atoms with Crippen molar-refractivity contribution in [1.29, 1.82) is 0 Å². The van der Waals surface area contributed by atoms with Crippen molar-refractivity contribution in [3.8, 4) is 0 Å². The Labute approximate surface area is 106 Å². The quantitative estimate of drug-likeness (QED) is 0.806. The molecule has 0 radical (unpaired) electrons. The van der Waals surface area contributed by atoms with Gasteiger partial charge in [0.25, 0.3) is 0 Å². The Morgan fingerprint density at radius 2 is 2.39 bits per heavy atom. The van der Waals surface area contributed by atoms with Crippen LogP contribution in [0, 0.1) is 13.8 Å². The van der Waals surface area contributed by atoms with Gasteiger partial charge < -0.3 is 19.8 Å². The number of carbonyl (C=O) groups is 1. The van der Waals surface area contributed by atoms with E-state index in [4.69, 9.17) is 9.15 Å². The maximum atomic E-state index is 11.9. The fourth-order valence-electron chi connectivity index (χ4n) is 1.98. The molecule has 1 aromatic heterocycles. The summed E-state index contributed by atoms with van der Waals surface area (Å²) in [4.78, 5) is 16.1. The van der Waals surface area contributed by atoms with E-state index in [-0.39, 0.29) is 18.1 Å². The van der Waals surface area contributed by atoms with Crippen molar-refractivity contribution in [3.05, 3.63) is 17.3 Å². The first-order valence-corrected chi connectivity index (χ1v) is 6.07. The van der Waals surface area contributed by atoms with Crippen molar-refractivity contribution < 1.29 is 13.9 Å². The van der Waals surface area contributed by atoms with Gasteiger partial charge in [-0.1, -0.05) is 0 Å². The molecule has 0 aliphatic carbocycles. The number of aromatic nitrogens is 1. The van der Waals surface area contributed by atoms with Crippen LogP contribution < -0.4 is 10.6 Å². The van der Waals surface area contributed by atoms with E-state index in [0.717, 1.165) is 11.5 Å². The molecule has 1 amide bonds. The summed E-state index contributed by atoms with van der Waals surface area (Å²) in [5.74, 6) is 1.29. The van der Waals surface area contributed by atoms with Gasteiger partial charge >= 0.3 is 0 Å². The smallest absolute Gasteiger partial charge is 0.237 e. The van der Waals surface area contributed by atoms with Crippen molar-refractivity contribution in [1.82, 2.24) is 15.6 Å². The molecule has 1 fully saturated rings. The lowest BCUT2D eigenvalue weighted by Gasteiger charge is -2.09. The fraction of sp³-hybridized carbons (Fsp3) is 0.667. The van der Waals surface area contributed by atoms with Crippen molar-refractivity contribution in [2.75, 3.05) is 13.7 Å². The van der Waals surface area contributed by atoms with Crippen LogP contribution in [-0.2, 0) is 16.1 Å². The molecule has 1 aliphatic rings. The summed E-state index contributed by atoms with van der Waals surface area (Å²) in [5.41, 5.74) is 0.859. The Morgan fingerprint density at radius 3 is 2.94 bits per heavy atom. The third kappa shape index (κ3) is 2.88. The number of aryl methyl sites for hydroxylation is 2. The molecule has 1 aromatic rings. The van der Waals surface area contributed by atoms with E-state index in [1.165, 1.54) is 0 Å². The Kier molecular flexibility index (Phi) is 3.98. The zero-order chi connectivity index (χ0) is 13.1. The van der Waals surface area contributed by atoms with Crippen molar-refractivity contribution in [2.45, 2.75) is 39.0 Å². The first-order chi connectivity index (χ1) is 8.60. The van der Waals surface area contributed by atoms with Crippen LogP contribution in [0.1, 0.15) is 23.8 Å². The number of ether oxygens (including phenoxy) is 1. The predicted octanol–water partition coefficient (Wildman–Crippen LogP) is 0.285. The Morgan fingerprint density at radius 1 is 1.61 bits per heavy atom. The molecule has 0 bridgehead atoms.